The molecular formula is C15H14F2N2O3S. The lowest BCUT2D eigenvalue weighted by Crippen LogP contribution is -2.31. The first-order chi connectivity index (χ1) is 11.0. The minimum atomic E-state index is -4.09. The molecule has 1 aromatic heterocycles. The number of ether oxygens (including phenoxy) is 1. The molecule has 0 radical (unpaired) electrons. The molecule has 0 amide bonds. The van der Waals surface area contributed by atoms with E-state index in [1.807, 2.05) is 0 Å². The van der Waals surface area contributed by atoms with Gasteiger partial charge < -0.3 is 4.74 Å². The normalized spacial score (nSPS) is 19.0. The number of hydrogen-bond donors (Lipinski definition) is 0. The largest absolute Gasteiger partial charge is 0.487 e. The van der Waals surface area contributed by atoms with E-state index in [4.69, 9.17) is 4.74 Å². The lowest BCUT2D eigenvalue weighted by atomic mass is 10.3. The summed E-state index contributed by atoms with van der Waals surface area (Å²) in [5, 5.41) is 0. The SMILES string of the molecule is O=S(=O)(c1cccc(F)c1F)N1CCC(Oc2cccnc2)C1. The first-order valence-electron chi connectivity index (χ1n) is 6.99. The van der Waals surface area contributed by atoms with Gasteiger partial charge in [-0.05, 0) is 30.7 Å². The van der Waals surface area contributed by atoms with Crippen LogP contribution in [0.25, 0.3) is 0 Å². The Balaban J connectivity index is 1.76. The third kappa shape index (κ3) is 3.18. The molecule has 122 valence electrons. The van der Waals surface area contributed by atoms with Crippen LogP contribution >= 0.6 is 0 Å². The van der Waals surface area contributed by atoms with Gasteiger partial charge in [0.2, 0.25) is 10.0 Å². The van der Waals surface area contributed by atoms with E-state index in [-0.39, 0.29) is 19.2 Å². The van der Waals surface area contributed by atoms with Crippen molar-refractivity contribution in [2.45, 2.75) is 17.4 Å². The number of benzene rings is 1. The summed E-state index contributed by atoms with van der Waals surface area (Å²) in [4.78, 5) is 3.26. The van der Waals surface area contributed by atoms with Crippen LogP contribution in [0.1, 0.15) is 6.42 Å². The predicted octanol–water partition coefficient (Wildman–Crippen LogP) is 2.20. The highest BCUT2D eigenvalue weighted by Crippen LogP contribution is 2.26. The van der Waals surface area contributed by atoms with Crippen molar-refractivity contribution in [3.05, 3.63) is 54.4 Å². The molecule has 2 aromatic rings. The first kappa shape index (κ1) is 15.8. The van der Waals surface area contributed by atoms with Gasteiger partial charge in [0.15, 0.2) is 11.6 Å². The van der Waals surface area contributed by atoms with Gasteiger partial charge in [-0.25, -0.2) is 17.2 Å². The van der Waals surface area contributed by atoms with Crippen molar-refractivity contribution in [1.29, 1.82) is 0 Å². The summed E-state index contributed by atoms with van der Waals surface area (Å²) >= 11 is 0. The summed E-state index contributed by atoms with van der Waals surface area (Å²) in [5.41, 5.74) is 0. The van der Waals surface area contributed by atoms with E-state index in [1.165, 1.54) is 12.3 Å². The van der Waals surface area contributed by atoms with Crippen molar-refractivity contribution in [3.8, 4) is 5.75 Å². The number of hydrogen-bond acceptors (Lipinski definition) is 4. The van der Waals surface area contributed by atoms with E-state index in [0.29, 0.717) is 12.2 Å². The second-order valence-corrected chi connectivity index (χ2v) is 7.04. The third-order valence-corrected chi connectivity index (χ3v) is 5.46. The summed E-state index contributed by atoms with van der Waals surface area (Å²) in [6, 6.07) is 6.54. The van der Waals surface area contributed by atoms with Crippen LogP contribution in [-0.4, -0.2) is 36.9 Å². The maximum atomic E-state index is 13.8. The number of nitrogens with zero attached hydrogens (tertiary/aromatic N) is 2. The first-order valence-corrected chi connectivity index (χ1v) is 8.43. The van der Waals surface area contributed by atoms with Crippen molar-refractivity contribution in [3.63, 3.8) is 0 Å². The molecule has 5 nitrogen and oxygen atoms in total. The van der Waals surface area contributed by atoms with Gasteiger partial charge in [-0.15, -0.1) is 0 Å². The van der Waals surface area contributed by atoms with Crippen LogP contribution in [-0.2, 0) is 10.0 Å². The van der Waals surface area contributed by atoms with Crippen molar-refractivity contribution in [1.82, 2.24) is 9.29 Å². The Morgan fingerprint density at radius 1 is 1.22 bits per heavy atom. The molecule has 0 aliphatic carbocycles. The van der Waals surface area contributed by atoms with Gasteiger partial charge in [0.25, 0.3) is 0 Å². The minimum absolute atomic E-state index is 0.0766. The van der Waals surface area contributed by atoms with E-state index in [2.05, 4.69) is 4.98 Å². The Labute approximate surface area is 132 Å². The second kappa shape index (κ2) is 6.21. The quantitative estimate of drug-likeness (QED) is 0.856. The average Bonchev–Trinajstić information content (AvgIpc) is 3.00. The van der Waals surface area contributed by atoms with Gasteiger partial charge >= 0.3 is 0 Å². The summed E-state index contributed by atoms with van der Waals surface area (Å²) < 4.78 is 58.7. The second-order valence-electron chi connectivity index (χ2n) is 5.13. The molecule has 1 fully saturated rings. The summed E-state index contributed by atoms with van der Waals surface area (Å²) in [6.45, 7) is 0.260. The molecule has 2 heterocycles. The number of rotatable bonds is 4. The fraction of sp³-hybridized carbons (Fsp3) is 0.267. The highest BCUT2D eigenvalue weighted by Gasteiger charge is 2.35. The molecule has 1 aromatic carbocycles. The van der Waals surface area contributed by atoms with E-state index in [9.17, 15) is 17.2 Å². The molecule has 3 rings (SSSR count). The topological polar surface area (TPSA) is 59.5 Å². The Kier molecular flexibility index (Phi) is 4.27. The van der Waals surface area contributed by atoms with Gasteiger partial charge in [0, 0.05) is 12.7 Å². The maximum absolute atomic E-state index is 13.8. The fourth-order valence-electron chi connectivity index (χ4n) is 2.44. The fourth-order valence-corrected chi connectivity index (χ4v) is 4.00. The van der Waals surface area contributed by atoms with Crippen molar-refractivity contribution >= 4 is 10.0 Å². The minimum Gasteiger partial charge on any atom is -0.487 e. The molecule has 0 saturated carbocycles. The van der Waals surface area contributed by atoms with Crippen LogP contribution in [0, 0.1) is 11.6 Å². The summed E-state index contributed by atoms with van der Waals surface area (Å²) in [6.07, 6.45) is 3.24. The summed E-state index contributed by atoms with van der Waals surface area (Å²) in [7, 11) is -4.09. The standard InChI is InChI=1S/C15H14F2N2O3S/c16-13-4-1-5-14(15(13)17)23(20,21)19-8-6-12(10-19)22-11-3-2-7-18-9-11/h1-5,7,9,12H,6,8,10H2. The molecule has 1 aliphatic rings. The van der Waals surface area contributed by atoms with Crippen LogP contribution in [0.15, 0.2) is 47.6 Å². The van der Waals surface area contributed by atoms with Crippen LogP contribution in [0.2, 0.25) is 0 Å². The van der Waals surface area contributed by atoms with Crippen LogP contribution in [0.4, 0.5) is 8.78 Å². The number of aromatic nitrogens is 1. The lowest BCUT2D eigenvalue weighted by molar-refractivity contribution is 0.214. The smallest absolute Gasteiger partial charge is 0.246 e. The molecule has 1 saturated heterocycles. The van der Waals surface area contributed by atoms with Crippen molar-refractivity contribution < 1.29 is 21.9 Å². The van der Waals surface area contributed by atoms with E-state index in [1.54, 1.807) is 18.3 Å². The average molecular weight is 340 g/mol. The highest BCUT2D eigenvalue weighted by atomic mass is 32.2. The maximum Gasteiger partial charge on any atom is 0.246 e. The molecule has 0 bridgehead atoms. The van der Waals surface area contributed by atoms with Crippen molar-refractivity contribution in [2.24, 2.45) is 0 Å². The molecule has 0 spiro atoms. The van der Waals surface area contributed by atoms with Gasteiger partial charge in [-0.1, -0.05) is 6.07 Å². The molecule has 0 N–H and O–H groups in total. The zero-order valence-corrected chi connectivity index (χ0v) is 12.8. The Morgan fingerprint density at radius 2 is 2.04 bits per heavy atom. The number of halogens is 2. The predicted molar refractivity (Wildman–Crippen MR) is 78.4 cm³/mol. The van der Waals surface area contributed by atoms with Crippen LogP contribution < -0.4 is 4.74 Å². The van der Waals surface area contributed by atoms with Gasteiger partial charge in [-0.2, -0.15) is 4.31 Å². The molecule has 23 heavy (non-hydrogen) atoms. The molecule has 1 aliphatic heterocycles. The molecular weight excluding hydrogens is 326 g/mol. The third-order valence-electron chi connectivity index (χ3n) is 3.58. The van der Waals surface area contributed by atoms with E-state index < -0.39 is 26.6 Å². The van der Waals surface area contributed by atoms with Gasteiger partial charge in [0.05, 0.1) is 12.7 Å². The van der Waals surface area contributed by atoms with Crippen LogP contribution in [0.5, 0.6) is 5.75 Å². The monoisotopic (exact) mass is 340 g/mol. The number of sulfonamides is 1. The zero-order valence-electron chi connectivity index (χ0n) is 12.0. The van der Waals surface area contributed by atoms with Crippen molar-refractivity contribution in [2.75, 3.05) is 13.1 Å². The Bertz CT molecular complexity index is 800. The lowest BCUT2D eigenvalue weighted by Gasteiger charge is -2.17. The van der Waals surface area contributed by atoms with E-state index >= 15 is 0 Å². The van der Waals surface area contributed by atoms with Crippen LogP contribution in [0.3, 0.4) is 0 Å². The molecule has 1 unspecified atom stereocenters. The zero-order chi connectivity index (χ0) is 16.4. The van der Waals surface area contributed by atoms with Gasteiger partial charge in [-0.3, -0.25) is 4.98 Å². The molecule has 1 atom stereocenters. The highest BCUT2D eigenvalue weighted by molar-refractivity contribution is 7.89. The van der Waals surface area contributed by atoms with Gasteiger partial charge in [0.1, 0.15) is 16.7 Å². The molecule has 8 heteroatoms. The van der Waals surface area contributed by atoms with E-state index in [0.717, 1.165) is 16.4 Å². The number of pyridine rings is 1. The Morgan fingerprint density at radius 3 is 2.78 bits per heavy atom. The Hall–Kier alpha value is -2.06. The summed E-state index contributed by atoms with van der Waals surface area (Å²) in [5.74, 6) is -2.01.